The molecule has 4 heterocycles. The third-order valence-electron chi connectivity index (χ3n) is 5.82. The summed E-state index contributed by atoms with van der Waals surface area (Å²) in [4.78, 5) is 25.3. The normalized spacial score (nSPS) is 27.4. The molecule has 0 saturated carbocycles. The summed E-state index contributed by atoms with van der Waals surface area (Å²) in [5, 5.41) is 9.15. The lowest BCUT2D eigenvalue weighted by atomic mass is 9.84. The van der Waals surface area contributed by atoms with Gasteiger partial charge < -0.3 is 20.5 Å². The Bertz CT molecular complexity index is 726. The van der Waals surface area contributed by atoms with Crippen LogP contribution in [0.15, 0.2) is 16.9 Å². The van der Waals surface area contributed by atoms with Gasteiger partial charge in [0, 0.05) is 24.7 Å². The summed E-state index contributed by atoms with van der Waals surface area (Å²) < 4.78 is 16.4. The minimum Gasteiger partial charge on any atom is -0.349 e. The lowest BCUT2D eigenvalue weighted by Gasteiger charge is -2.37. The van der Waals surface area contributed by atoms with E-state index in [4.69, 9.17) is 0 Å². The maximum absolute atomic E-state index is 14.6. The summed E-state index contributed by atoms with van der Waals surface area (Å²) in [6.07, 6.45) is 1.86. The topological polar surface area (TPSA) is 75.2 Å². The zero-order valence-electron chi connectivity index (χ0n) is 14.3. The molecule has 0 radical (unpaired) electrons. The van der Waals surface area contributed by atoms with Crippen LogP contribution in [0.4, 0.5) is 4.39 Å². The minimum atomic E-state index is -1.38. The molecule has 1 aromatic rings. The SMILES string of the molecule is O=C(NCC1(F)CCNCC1)c1ccc2n(c1=O)C[C@@H]1CNC[C@H]2C1. The van der Waals surface area contributed by atoms with Gasteiger partial charge in [-0.1, -0.05) is 0 Å². The molecule has 0 unspecified atom stereocenters. The molecule has 2 bridgehead atoms. The molecular weight excluding hydrogens is 323 g/mol. The maximum atomic E-state index is 14.6. The number of nitrogens with one attached hydrogen (secondary N) is 3. The Hall–Kier alpha value is -1.73. The first-order valence-electron chi connectivity index (χ1n) is 9.18. The maximum Gasteiger partial charge on any atom is 0.263 e. The Morgan fingerprint density at radius 3 is 2.88 bits per heavy atom. The summed E-state index contributed by atoms with van der Waals surface area (Å²) in [5.74, 6) is 0.303. The number of fused-ring (bicyclic) bond motifs is 4. The molecule has 0 aliphatic carbocycles. The number of halogens is 1. The fraction of sp³-hybridized carbons (Fsp3) is 0.667. The van der Waals surface area contributed by atoms with Crippen LogP contribution in [0.5, 0.6) is 0 Å². The van der Waals surface area contributed by atoms with E-state index < -0.39 is 11.6 Å². The number of piperidine rings is 2. The molecule has 0 spiro atoms. The lowest BCUT2D eigenvalue weighted by Crippen LogP contribution is -2.48. The van der Waals surface area contributed by atoms with Crippen molar-refractivity contribution in [3.8, 4) is 0 Å². The van der Waals surface area contributed by atoms with E-state index in [2.05, 4.69) is 16.0 Å². The minimum absolute atomic E-state index is 0.0378. The third kappa shape index (κ3) is 3.22. The molecule has 4 rings (SSSR count). The molecule has 136 valence electrons. The zero-order valence-corrected chi connectivity index (χ0v) is 14.3. The Labute approximate surface area is 146 Å². The van der Waals surface area contributed by atoms with Gasteiger partial charge in [-0.15, -0.1) is 0 Å². The van der Waals surface area contributed by atoms with Crippen molar-refractivity contribution in [1.82, 2.24) is 20.5 Å². The van der Waals surface area contributed by atoms with Crippen molar-refractivity contribution in [2.24, 2.45) is 5.92 Å². The highest BCUT2D eigenvalue weighted by atomic mass is 19.1. The summed E-state index contributed by atoms with van der Waals surface area (Å²) in [6.45, 7) is 3.63. The number of carbonyl (C=O) groups excluding carboxylic acids is 1. The number of aromatic nitrogens is 1. The molecule has 6 nitrogen and oxygen atoms in total. The van der Waals surface area contributed by atoms with Gasteiger partial charge in [-0.05, 0) is 56.9 Å². The highest BCUT2D eigenvalue weighted by Gasteiger charge is 2.34. The number of hydrogen-bond acceptors (Lipinski definition) is 4. The number of hydrogen-bond donors (Lipinski definition) is 3. The van der Waals surface area contributed by atoms with Gasteiger partial charge in [0.15, 0.2) is 0 Å². The second kappa shape index (κ2) is 6.53. The van der Waals surface area contributed by atoms with Crippen LogP contribution in [-0.4, -0.2) is 48.9 Å². The van der Waals surface area contributed by atoms with Crippen LogP contribution in [0.3, 0.4) is 0 Å². The third-order valence-corrected chi connectivity index (χ3v) is 5.82. The second-order valence-corrected chi connectivity index (χ2v) is 7.63. The van der Waals surface area contributed by atoms with Gasteiger partial charge in [0.25, 0.3) is 11.5 Å². The number of alkyl halides is 1. The summed E-state index contributed by atoms with van der Waals surface area (Å²) in [7, 11) is 0. The van der Waals surface area contributed by atoms with Crippen LogP contribution in [0, 0.1) is 5.92 Å². The molecule has 1 amide bonds. The predicted octanol–water partition coefficient (Wildman–Crippen LogP) is 0.377. The molecule has 2 atom stereocenters. The molecule has 3 aliphatic rings. The quantitative estimate of drug-likeness (QED) is 0.738. The van der Waals surface area contributed by atoms with Crippen molar-refractivity contribution in [2.75, 3.05) is 32.7 Å². The highest BCUT2D eigenvalue weighted by molar-refractivity contribution is 5.93. The van der Waals surface area contributed by atoms with E-state index in [0.29, 0.717) is 44.3 Å². The van der Waals surface area contributed by atoms with Crippen LogP contribution in [0.2, 0.25) is 0 Å². The zero-order chi connectivity index (χ0) is 17.4. The fourth-order valence-electron chi connectivity index (χ4n) is 4.35. The first-order chi connectivity index (χ1) is 12.1. The summed E-state index contributed by atoms with van der Waals surface area (Å²) in [6, 6.07) is 3.49. The number of amides is 1. The Kier molecular flexibility index (Phi) is 4.37. The van der Waals surface area contributed by atoms with E-state index in [1.807, 2.05) is 6.07 Å². The van der Waals surface area contributed by atoms with Gasteiger partial charge in [0.2, 0.25) is 0 Å². The Balaban J connectivity index is 1.52. The Morgan fingerprint density at radius 2 is 2.08 bits per heavy atom. The van der Waals surface area contributed by atoms with E-state index in [9.17, 15) is 14.0 Å². The highest BCUT2D eigenvalue weighted by Crippen LogP contribution is 2.31. The predicted molar refractivity (Wildman–Crippen MR) is 92.7 cm³/mol. The van der Waals surface area contributed by atoms with Gasteiger partial charge in [-0.3, -0.25) is 9.59 Å². The largest absolute Gasteiger partial charge is 0.349 e. The Morgan fingerprint density at radius 1 is 1.28 bits per heavy atom. The molecule has 3 aliphatic heterocycles. The van der Waals surface area contributed by atoms with Gasteiger partial charge in [0.1, 0.15) is 11.2 Å². The standard InChI is InChI=1S/C18H25FN4O2/c19-18(3-5-20-6-4-18)11-22-16(24)14-1-2-15-13-7-12(8-21-9-13)10-23(15)17(14)25/h1-2,12-13,20-21H,3-11H2,(H,22,24)/t12-,13+/m0/s1. The number of rotatable bonds is 3. The van der Waals surface area contributed by atoms with Crippen molar-refractivity contribution in [3.05, 3.63) is 33.7 Å². The van der Waals surface area contributed by atoms with Gasteiger partial charge in [-0.2, -0.15) is 0 Å². The molecule has 2 saturated heterocycles. The van der Waals surface area contributed by atoms with Crippen LogP contribution >= 0.6 is 0 Å². The van der Waals surface area contributed by atoms with Gasteiger partial charge in [0.05, 0.1) is 6.54 Å². The van der Waals surface area contributed by atoms with Gasteiger partial charge >= 0.3 is 0 Å². The van der Waals surface area contributed by atoms with Crippen molar-refractivity contribution >= 4 is 5.91 Å². The van der Waals surface area contributed by atoms with Gasteiger partial charge in [-0.25, -0.2) is 4.39 Å². The van der Waals surface area contributed by atoms with Crippen LogP contribution in [0.1, 0.15) is 41.2 Å². The monoisotopic (exact) mass is 348 g/mol. The molecule has 2 fully saturated rings. The van der Waals surface area contributed by atoms with Crippen molar-refractivity contribution in [2.45, 2.75) is 37.4 Å². The van der Waals surface area contributed by atoms with E-state index in [0.717, 1.165) is 25.2 Å². The van der Waals surface area contributed by atoms with Crippen molar-refractivity contribution in [1.29, 1.82) is 0 Å². The summed E-state index contributed by atoms with van der Waals surface area (Å²) >= 11 is 0. The summed E-state index contributed by atoms with van der Waals surface area (Å²) in [5.41, 5.74) is -0.502. The molecular formula is C18H25FN4O2. The van der Waals surface area contributed by atoms with E-state index in [1.165, 1.54) is 0 Å². The van der Waals surface area contributed by atoms with Crippen molar-refractivity contribution in [3.63, 3.8) is 0 Å². The second-order valence-electron chi connectivity index (χ2n) is 7.63. The fourth-order valence-corrected chi connectivity index (χ4v) is 4.35. The molecule has 25 heavy (non-hydrogen) atoms. The first kappa shape index (κ1) is 16.7. The average molecular weight is 348 g/mol. The number of nitrogens with zero attached hydrogens (tertiary/aromatic N) is 1. The van der Waals surface area contributed by atoms with E-state index >= 15 is 0 Å². The van der Waals surface area contributed by atoms with Crippen molar-refractivity contribution < 1.29 is 9.18 Å². The number of pyridine rings is 1. The number of carbonyl (C=O) groups is 1. The molecule has 0 aromatic carbocycles. The smallest absolute Gasteiger partial charge is 0.263 e. The molecule has 7 heteroatoms. The first-order valence-corrected chi connectivity index (χ1v) is 9.18. The van der Waals surface area contributed by atoms with Crippen LogP contribution < -0.4 is 21.5 Å². The lowest BCUT2D eigenvalue weighted by molar-refractivity contribution is 0.0834. The van der Waals surface area contributed by atoms with E-state index in [-0.39, 0.29) is 17.7 Å². The molecule has 3 N–H and O–H groups in total. The van der Waals surface area contributed by atoms with Crippen LogP contribution in [0.25, 0.3) is 0 Å². The molecule has 1 aromatic heterocycles. The van der Waals surface area contributed by atoms with E-state index in [1.54, 1.807) is 10.6 Å². The average Bonchev–Trinajstić information content (AvgIpc) is 2.62. The van der Waals surface area contributed by atoms with Crippen LogP contribution in [-0.2, 0) is 6.54 Å².